The van der Waals surface area contributed by atoms with Gasteiger partial charge in [-0.2, -0.15) is 0 Å². The van der Waals surface area contributed by atoms with E-state index in [-0.39, 0.29) is 25.7 Å². The number of rotatable bonds is 0. The molecule has 0 spiro atoms. The summed E-state index contributed by atoms with van der Waals surface area (Å²) in [4.78, 5) is 12.4. The van der Waals surface area contributed by atoms with E-state index in [1.807, 2.05) is 4.94 Å². The average Bonchev–Trinajstić information content (AvgIpc) is 1.83. The van der Waals surface area contributed by atoms with E-state index in [1.54, 1.807) is 6.92 Å². The van der Waals surface area contributed by atoms with Gasteiger partial charge < -0.3 is 0 Å². The van der Waals surface area contributed by atoms with Gasteiger partial charge in [0.25, 0.3) is 0 Å². The Kier molecular flexibility index (Phi) is 1.74. The van der Waals surface area contributed by atoms with Gasteiger partial charge in [0.2, 0.25) is 0 Å². The fraction of sp³-hybridized carbons (Fsp3) is 0.167. The zero-order valence-corrected chi connectivity index (χ0v) is 6.63. The molecule has 0 saturated heterocycles. The molecule has 0 bridgehead atoms. The van der Waals surface area contributed by atoms with Crippen molar-refractivity contribution in [3.63, 3.8) is 0 Å². The third-order valence-corrected chi connectivity index (χ3v) is 2.75. The van der Waals surface area contributed by atoms with Gasteiger partial charge in [0.1, 0.15) is 0 Å². The zero-order chi connectivity index (χ0) is 6.85. The average molecular weight is 189 g/mol. The molecule has 9 heavy (non-hydrogen) atoms. The van der Waals surface area contributed by atoms with E-state index in [1.165, 1.54) is 6.07 Å². The van der Waals surface area contributed by atoms with Gasteiger partial charge in [0.05, 0.1) is 0 Å². The summed E-state index contributed by atoms with van der Waals surface area (Å²) in [6.07, 6.45) is 0. The Bertz CT molecular complexity index is 264. The van der Waals surface area contributed by atoms with Crippen molar-refractivity contribution in [1.82, 2.24) is 0 Å². The van der Waals surface area contributed by atoms with Gasteiger partial charge in [-0.15, -0.1) is 0 Å². The molecule has 1 heterocycles. The van der Waals surface area contributed by atoms with Crippen LogP contribution in [0, 0.1) is 6.92 Å². The van der Waals surface area contributed by atoms with Crippen molar-refractivity contribution in [2.75, 3.05) is 0 Å². The van der Waals surface area contributed by atoms with E-state index < -0.39 is 0 Å². The standard InChI is InChI=1S/C6H6O2Se/c1-4-6(8)5(7)2-3-9-4/h2-3,8H,1H3. The van der Waals surface area contributed by atoms with Crippen molar-refractivity contribution in [3.8, 4) is 5.75 Å². The van der Waals surface area contributed by atoms with Crippen LogP contribution in [0.4, 0.5) is 0 Å². The summed E-state index contributed by atoms with van der Waals surface area (Å²) >= 11 is 0.192. The molecule has 0 atom stereocenters. The van der Waals surface area contributed by atoms with Crippen LogP contribution in [0.15, 0.2) is 15.8 Å². The van der Waals surface area contributed by atoms with Crippen molar-refractivity contribution in [2.45, 2.75) is 6.92 Å². The predicted molar refractivity (Wildman–Crippen MR) is 36.1 cm³/mol. The number of hydrogen-bond donors (Lipinski definition) is 1. The molecule has 1 N–H and O–H groups in total. The molecule has 3 heteroatoms. The minimum atomic E-state index is -0.263. The second kappa shape index (κ2) is 2.38. The van der Waals surface area contributed by atoms with Gasteiger partial charge >= 0.3 is 58.0 Å². The maximum absolute atomic E-state index is 10.6. The van der Waals surface area contributed by atoms with Crippen molar-refractivity contribution in [1.29, 1.82) is 0 Å². The van der Waals surface area contributed by atoms with Crippen LogP contribution in [-0.2, 0) is 0 Å². The molecule has 0 fully saturated rings. The Balaban J connectivity index is 3.43. The second-order valence-electron chi connectivity index (χ2n) is 1.69. The van der Waals surface area contributed by atoms with Crippen LogP contribution in [0.1, 0.15) is 4.44 Å². The van der Waals surface area contributed by atoms with Gasteiger partial charge in [0, 0.05) is 0 Å². The SMILES string of the molecule is Cc1[se]ccc(=O)c1O. The van der Waals surface area contributed by atoms with E-state index in [9.17, 15) is 4.79 Å². The van der Waals surface area contributed by atoms with Gasteiger partial charge in [-0.1, -0.05) is 0 Å². The molecule has 1 aromatic rings. The zero-order valence-electron chi connectivity index (χ0n) is 4.92. The Morgan fingerprint density at radius 1 is 1.67 bits per heavy atom. The molecule has 0 aliphatic carbocycles. The molecular formula is C6H6O2Se. The minimum absolute atomic E-state index is 0.0579. The van der Waals surface area contributed by atoms with E-state index in [0.717, 1.165) is 4.44 Å². The monoisotopic (exact) mass is 190 g/mol. The maximum atomic E-state index is 10.6. The second-order valence-corrected chi connectivity index (χ2v) is 4.04. The Morgan fingerprint density at radius 2 is 2.33 bits per heavy atom. The van der Waals surface area contributed by atoms with E-state index in [4.69, 9.17) is 5.11 Å². The summed E-state index contributed by atoms with van der Waals surface area (Å²) < 4.78 is 0.815. The molecule has 48 valence electrons. The van der Waals surface area contributed by atoms with Crippen LogP contribution in [0.5, 0.6) is 5.75 Å². The molecule has 1 aromatic heterocycles. The molecule has 0 aromatic carbocycles. The summed E-state index contributed by atoms with van der Waals surface area (Å²) in [5, 5.41) is 8.94. The molecule has 1 rings (SSSR count). The summed E-state index contributed by atoms with van der Waals surface area (Å²) in [7, 11) is 0. The first-order valence-electron chi connectivity index (χ1n) is 2.49. The first-order chi connectivity index (χ1) is 4.22. The first kappa shape index (κ1) is 6.59. The molecule has 0 radical (unpaired) electrons. The fourth-order valence-corrected chi connectivity index (χ4v) is 1.78. The van der Waals surface area contributed by atoms with Crippen molar-refractivity contribution >= 4 is 14.5 Å². The number of hydrogen-bond acceptors (Lipinski definition) is 2. The van der Waals surface area contributed by atoms with E-state index >= 15 is 0 Å². The number of aryl methyl sites for hydroxylation is 1. The summed E-state index contributed by atoms with van der Waals surface area (Å²) in [6.45, 7) is 1.77. The fourth-order valence-electron chi connectivity index (χ4n) is 0.506. The number of aromatic hydroxyl groups is 1. The van der Waals surface area contributed by atoms with Crippen LogP contribution in [-0.4, -0.2) is 19.6 Å². The molecule has 0 amide bonds. The third-order valence-electron chi connectivity index (χ3n) is 1.03. The van der Waals surface area contributed by atoms with Crippen molar-refractivity contribution < 1.29 is 5.11 Å². The van der Waals surface area contributed by atoms with Gasteiger partial charge in [-0.25, -0.2) is 0 Å². The summed E-state index contributed by atoms with van der Waals surface area (Å²) in [5.41, 5.74) is -0.263. The molecule has 0 aliphatic heterocycles. The van der Waals surface area contributed by atoms with Crippen LogP contribution >= 0.6 is 0 Å². The molecular weight excluding hydrogens is 183 g/mol. The Labute approximate surface area is 58.5 Å². The molecule has 0 saturated carbocycles. The van der Waals surface area contributed by atoms with Crippen molar-refractivity contribution in [3.05, 3.63) is 25.7 Å². The summed E-state index contributed by atoms with van der Waals surface area (Å²) in [5.74, 6) is -0.0579. The Morgan fingerprint density at radius 3 is 2.78 bits per heavy atom. The van der Waals surface area contributed by atoms with Crippen LogP contribution in [0.3, 0.4) is 0 Å². The van der Waals surface area contributed by atoms with E-state index in [2.05, 4.69) is 0 Å². The predicted octanol–water partition coefficient (Wildman–Crippen LogP) is 0.118. The topological polar surface area (TPSA) is 37.3 Å². The quantitative estimate of drug-likeness (QED) is 0.588. The van der Waals surface area contributed by atoms with Gasteiger partial charge in [-0.3, -0.25) is 0 Å². The van der Waals surface area contributed by atoms with Gasteiger partial charge in [0.15, 0.2) is 0 Å². The normalized spacial score (nSPS) is 9.44. The Hall–Kier alpha value is -0.531. The van der Waals surface area contributed by atoms with E-state index in [0.29, 0.717) is 0 Å². The van der Waals surface area contributed by atoms with Crippen LogP contribution < -0.4 is 5.43 Å². The van der Waals surface area contributed by atoms with Crippen molar-refractivity contribution in [2.24, 2.45) is 0 Å². The molecule has 0 unspecified atom stereocenters. The summed E-state index contributed by atoms with van der Waals surface area (Å²) in [6, 6.07) is 1.42. The van der Waals surface area contributed by atoms with Gasteiger partial charge in [-0.05, 0) is 0 Å². The third kappa shape index (κ3) is 1.23. The first-order valence-corrected chi connectivity index (χ1v) is 4.34. The molecule has 2 nitrogen and oxygen atoms in total. The van der Waals surface area contributed by atoms with Crippen LogP contribution in [0.25, 0.3) is 0 Å². The molecule has 0 aliphatic rings. The van der Waals surface area contributed by atoms with Crippen LogP contribution in [0.2, 0.25) is 0 Å².